The lowest BCUT2D eigenvalue weighted by atomic mass is 10.1. The van der Waals surface area contributed by atoms with Crippen molar-refractivity contribution in [2.24, 2.45) is 0 Å². The number of ether oxygens (including phenoxy) is 1. The summed E-state index contributed by atoms with van der Waals surface area (Å²) in [4.78, 5) is 34.8. The van der Waals surface area contributed by atoms with Crippen LogP contribution in [0.4, 0.5) is 0 Å². The highest BCUT2D eigenvalue weighted by atomic mass is 32.2. The Morgan fingerprint density at radius 3 is 2.11 bits per heavy atom. The number of nitrogens with one attached hydrogen (secondary N) is 2. The Balaban J connectivity index is 2.04. The van der Waals surface area contributed by atoms with Gasteiger partial charge in [0.1, 0.15) is 6.04 Å². The number of methoxy groups -OCH3 is 1. The summed E-state index contributed by atoms with van der Waals surface area (Å²) in [6.45, 7) is -0.473. The van der Waals surface area contributed by atoms with Gasteiger partial charge in [-0.05, 0) is 36.4 Å². The topological polar surface area (TPSA) is 139 Å². The van der Waals surface area contributed by atoms with Gasteiger partial charge < -0.3 is 15.2 Å². The van der Waals surface area contributed by atoms with Crippen molar-refractivity contribution < 1.29 is 32.6 Å². The van der Waals surface area contributed by atoms with Crippen molar-refractivity contribution in [1.29, 1.82) is 0 Å². The average Bonchev–Trinajstić information content (AvgIpc) is 2.70. The molecule has 0 saturated carbocycles. The number of hydrogen-bond donors (Lipinski definition) is 3. The van der Waals surface area contributed by atoms with Gasteiger partial charge in [-0.1, -0.05) is 18.2 Å². The third-order valence-corrected chi connectivity index (χ3v) is 5.17. The molecule has 9 nitrogen and oxygen atoms in total. The van der Waals surface area contributed by atoms with Crippen molar-refractivity contribution in [2.45, 2.75) is 10.9 Å². The zero-order valence-electron chi connectivity index (χ0n) is 14.8. The zero-order chi connectivity index (χ0) is 20.7. The van der Waals surface area contributed by atoms with Gasteiger partial charge in [-0.3, -0.25) is 9.59 Å². The summed E-state index contributed by atoms with van der Waals surface area (Å²) < 4.78 is 31.1. The Bertz CT molecular complexity index is 957. The van der Waals surface area contributed by atoms with E-state index < -0.39 is 40.5 Å². The molecule has 28 heavy (non-hydrogen) atoms. The number of carbonyl (C=O) groups excluding carboxylic acids is 2. The molecule has 2 aromatic carbocycles. The van der Waals surface area contributed by atoms with Gasteiger partial charge in [-0.25, -0.2) is 13.2 Å². The number of esters is 1. The number of benzene rings is 2. The predicted molar refractivity (Wildman–Crippen MR) is 98.3 cm³/mol. The summed E-state index contributed by atoms with van der Waals surface area (Å²) in [6.07, 6.45) is 0. The summed E-state index contributed by atoms with van der Waals surface area (Å²) in [5.41, 5.74) is 0.417. The standard InChI is InChI=1S/C18H18N2O7S/c1-27-18(24)13-9-7-12(8-10-13)16(21)19-11-15(17(22)23)20-28(25,26)14-5-3-2-4-6-14/h2-10,15,20H,11H2,1H3,(H,19,21)(H,22,23). The number of carboxylic acid groups (broad SMARTS) is 1. The molecular formula is C18H18N2O7S. The monoisotopic (exact) mass is 406 g/mol. The summed E-state index contributed by atoms with van der Waals surface area (Å²) in [5.74, 6) is -2.63. The molecule has 0 spiro atoms. The van der Waals surface area contributed by atoms with E-state index >= 15 is 0 Å². The van der Waals surface area contributed by atoms with E-state index in [0.717, 1.165) is 0 Å². The highest BCUT2D eigenvalue weighted by molar-refractivity contribution is 7.89. The van der Waals surface area contributed by atoms with Gasteiger partial charge in [0.05, 0.1) is 17.6 Å². The second-order valence-corrected chi connectivity index (χ2v) is 7.32. The number of carboxylic acids is 1. The quantitative estimate of drug-likeness (QED) is 0.547. The van der Waals surface area contributed by atoms with Crippen LogP contribution in [0.2, 0.25) is 0 Å². The molecule has 0 bridgehead atoms. The molecule has 0 heterocycles. The minimum Gasteiger partial charge on any atom is -0.480 e. The second kappa shape index (κ2) is 9.11. The van der Waals surface area contributed by atoms with E-state index in [9.17, 15) is 27.9 Å². The highest BCUT2D eigenvalue weighted by Gasteiger charge is 2.26. The summed E-state index contributed by atoms with van der Waals surface area (Å²) >= 11 is 0. The Labute approximate surface area is 161 Å². The van der Waals surface area contributed by atoms with Crippen molar-refractivity contribution in [1.82, 2.24) is 10.0 Å². The maximum absolute atomic E-state index is 12.3. The van der Waals surface area contributed by atoms with Gasteiger partial charge in [-0.15, -0.1) is 0 Å². The largest absolute Gasteiger partial charge is 0.480 e. The van der Waals surface area contributed by atoms with Gasteiger partial charge in [0.2, 0.25) is 10.0 Å². The van der Waals surface area contributed by atoms with Gasteiger partial charge in [0, 0.05) is 12.1 Å². The normalized spacial score (nSPS) is 12.0. The molecule has 10 heteroatoms. The maximum Gasteiger partial charge on any atom is 0.337 e. The zero-order valence-corrected chi connectivity index (χ0v) is 15.6. The summed E-state index contributed by atoms with van der Waals surface area (Å²) in [5, 5.41) is 11.6. The lowest BCUT2D eigenvalue weighted by Gasteiger charge is -2.15. The maximum atomic E-state index is 12.3. The van der Waals surface area contributed by atoms with Crippen LogP contribution in [-0.4, -0.2) is 51.1 Å². The number of aliphatic carboxylic acids is 1. The fourth-order valence-corrected chi connectivity index (χ4v) is 3.42. The molecule has 1 amide bonds. The number of hydrogen-bond acceptors (Lipinski definition) is 6. The number of amides is 1. The van der Waals surface area contributed by atoms with Gasteiger partial charge in [0.25, 0.3) is 5.91 Å². The molecule has 0 aromatic heterocycles. The molecule has 2 aromatic rings. The van der Waals surface area contributed by atoms with Crippen LogP contribution in [-0.2, 0) is 19.6 Å². The molecule has 1 unspecified atom stereocenters. The molecular weight excluding hydrogens is 388 g/mol. The Morgan fingerprint density at radius 1 is 1.00 bits per heavy atom. The average molecular weight is 406 g/mol. The van der Waals surface area contributed by atoms with E-state index in [1.54, 1.807) is 6.07 Å². The second-order valence-electron chi connectivity index (χ2n) is 5.60. The molecule has 1 atom stereocenters. The molecule has 0 saturated heterocycles. The predicted octanol–water partition coefficient (Wildman–Crippen LogP) is 0.635. The van der Waals surface area contributed by atoms with E-state index in [-0.39, 0.29) is 16.0 Å². The highest BCUT2D eigenvalue weighted by Crippen LogP contribution is 2.09. The molecule has 0 aliphatic carbocycles. The SMILES string of the molecule is COC(=O)c1ccc(C(=O)NCC(NS(=O)(=O)c2ccccc2)C(=O)O)cc1. The minimum absolute atomic E-state index is 0.0917. The van der Waals surface area contributed by atoms with Crippen LogP contribution in [0.15, 0.2) is 59.5 Å². The van der Waals surface area contributed by atoms with Crippen molar-refractivity contribution in [2.75, 3.05) is 13.7 Å². The Morgan fingerprint density at radius 2 is 1.57 bits per heavy atom. The molecule has 148 valence electrons. The Hall–Kier alpha value is -3.24. The van der Waals surface area contributed by atoms with Crippen LogP contribution >= 0.6 is 0 Å². The van der Waals surface area contributed by atoms with E-state index in [1.807, 2.05) is 4.72 Å². The smallest absolute Gasteiger partial charge is 0.337 e. The van der Waals surface area contributed by atoms with Crippen molar-refractivity contribution in [3.63, 3.8) is 0 Å². The van der Waals surface area contributed by atoms with Crippen LogP contribution in [0.5, 0.6) is 0 Å². The fraction of sp³-hybridized carbons (Fsp3) is 0.167. The fourth-order valence-electron chi connectivity index (χ4n) is 2.21. The summed E-state index contributed by atoms with van der Waals surface area (Å²) in [7, 11) is -2.84. The van der Waals surface area contributed by atoms with Crippen LogP contribution in [0.3, 0.4) is 0 Å². The molecule has 0 fully saturated rings. The Kier molecular flexibility index (Phi) is 6.85. The number of rotatable bonds is 8. The van der Waals surface area contributed by atoms with Gasteiger partial charge in [0.15, 0.2) is 0 Å². The van der Waals surface area contributed by atoms with E-state index in [0.29, 0.717) is 0 Å². The molecule has 0 radical (unpaired) electrons. The van der Waals surface area contributed by atoms with Crippen LogP contribution < -0.4 is 10.0 Å². The molecule has 3 N–H and O–H groups in total. The first-order chi connectivity index (χ1) is 13.2. The summed E-state index contributed by atoms with van der Waals surface area (Å²) in [6, 6.07) is 11.2. The lowest BCUT2D eigenvalue weighted by Crippen LogP contribution is -2.48. The van der Waals surface area contributed by atoms with Crippen molar-refractivity contribution in [3.8, 4) is 0 Å². The van der Waals surface area contributed by atoms with Crippen LogP contribution in [0.25, 0.3) is 0 Å². The first kappa shape index (κ1) is 21.1. The van der Waals surface area contributed by atoms with E-state index in [2.05, 4.69) is 10.1 Å². The molecule has 0 aliphatic heterocycles. The number of sulfonamides is 1. The van der Waals surface area contributed by atoms with Crippen molar-refractivity contribution in [3.05, 3.63) is 65.7 Å². The van der Waals surface area contributed by atoms with E-state index in [1.165, 1.54) is 55.6 Å². The van der Waals surface area contributed by atoms with Crippen molar-refractivity contribution >= 4 is 27.9 Å². The third kappa shape index (κ3) is 5.38. The van der Waals surface area contributed by atoms with Crippen LogP contribution in [0, 0.1) is 0 Å². The lowest BCUT2D eigenvalue weighted by molar-refractivity contribution is -0.138. The molecule has 2 rings (SSSR count). The first-order valence-corrected chi connectivity index (χ1v) is 9.49. The van der Waals surface area contributed by atoms with E-state index in [4.69, 9.17) is 0 Å². The minimum atomic E-state index is -4.07. The number of carbonyl (C=O) groups is 3. The first-order valence-electron chi connectivity index (χ1n) is 8.01. The third-order valence-electron chi connectivity index (χ3n) is 3.68. The van der Waals surface area contributed by atoms with Crippen LogP contribution in [0.1, 0.15) is 20.7 Å². The van der Waals surface area contributed by atoms with Gasteiger partial charge >= 0.3 is 11.9 Å². The van der Waals surface area contributed by atoms with Gasteiger partial charge in [-0.2, -0.15) is 4.72 Å². The molecule has 0 aliphatic rings.